The molecular weight excluding hydrogens is 258 g/mol. The second-order valence-corrected chi connectivity index (χ2v) is 5.34. The van der Waals surface area contributed by atoms with Crippen LogP contribution in [0.1, 0.15) is 24.3 Å². The quantitative estimate of drug-likeness (QED) is 0.804. The van der Waals surface area contributed by atoms with Crippen LogP contribution >= 0.6 is 0 Å². The molecule has 0 spiro atoms. The molecule has 7 heteroatoms. The molecule has 1 saturated heterocycles. The number of hydrogen-bond donors (Lipinski definition) is 1. The van der Waals surface area contributed by atoms with Crippen molar-refractivity contribution >= 4 is 11.8 Å². The van der Waals surface area contributed by atoms with E-state index in [4.69, 9.17) is 5.73 Å². The Morgan fingerprint density at radius 1 is 1.40 bits per heavy atom. The molecule has 0 saturated carbocycles. The van der Waals surface area contributed by atoms with Crippen molar-refractivity contribution in [3.05, 3.63) is 18.0 Å². The van der Waals surface area contributed by atoms with E-state index in [-0.39, 0.29) is 17.9 Å². The summed E-state index contributed by atoms with van der Waals surface area (Å²) >= 11 is 0. The first kappa shape index (κ1) is 14.5. The minimum absolute atomic E-state index is 0.111. The van der Waals surface area contributed by atoms with E-state index >= 15 is 0 Å². The summed E-state index contributed by atoms with van der Waals surface area (Å²) in [6.45, 7) is 5.61. The summed E-state index contributed by atoms with van der Waals surface area (Å²) in [6.07, 6.45) is 1.59. The van der Waals surface area contributed by atoms with Gasteiger partial charge in [-0.15, -0.1) is 0 Å². The molecular formula is C13H21N5O2. The van der Waals surface area contributed by atoms with Crippen molar-refractivity contribution in [3.8, 4) is 0 Å². The molecule has 0 bridgehead atoms. The molecule has 1 atom stereocenters. The second-order valence-electron chi connectivity index (χ2n) is 5.34. The number of aromatic nitrogens is 2. The summed E-state index contributed by atoms with van der Waals surface area (Å²) in [5, 5.41) is 4.00. The van der Waals surface area contributed by atoms with E-state index in [0.717, 1.165) is 0 Å². The number of aryl methyl sites for hydroxylation is 1. The lowest BCUT2D eigenvalue weighted by molar-refractivity contribution is -0.126. The second kappa shape index (κ2) is 5.62. The number of primary amides is 1. The molecule has 110 valence electrons. The van der Waals surface area contributed by atoms with Gasteiger partial charge in [0.15, 0.2) is 0 Å². The highest BCUT2D eigenvalue weighted by Gasteiger charge is 2.35. The Morgan fingerprint density at radius 3 is 2.60 bits per heavy atom. The third-order valence-electron chi connectivity index (χ3n) is 3.74. The molecule has 20 heavy (non-hydrogen) atoms. The Kier molecular flexibility index (Phi) is 4.08. The monoisotopic (exact) mass is 279 g/mol. The zero-order valence-corrected chi connectivity index (χ0v) is 12.1. The van der Waals surface area contributed by atoms with Gasteiger partial charge < -0.3 is 10.6 Å². The number of amides is 2. The Morgan fingerprint density at radius 2 is 2.10 bits per heavy atom. The first-order valence-electron chi connectivity index (χ1n) is 6.74. The van der Waals surface area contributed by atoms with E-state index in [9.17, 15) is 9.59 Å². The molecule has 1 aromatic rings. The van der Waals surface area contributed by atoms with Crippen molar-refractivity contribution in [1.29, 1.82) is 0 Å². The summed E-state index contributed by atoms with van der Waals surface area (Å²) in [7, 11) is 1.73. The van der Waals surface area contributed by atoms with Crippen LogP contribution in [-0.4, -0.2) is 63.1 Å². The van der Waals surface area contributed by atoms with Crippen LogP contribution in [0.25, 0.3) is 0 Å². The van der Waals surface area contributed by atoms with E-state index in [1.807, 2.05) is 18.7 Å². The van der Waals surface area contributed by atoms with Crippen molar-refractivity contribution in [1.82, 2.24) is 19.6 Å². The number of carbonyl (C=O) groups excluding carboxylic acids is 2. The molecule has 2 N–H and O–H groups in total. The molecule has 2 amide bonds. The highest BCUT2D eigenvalue weighted by molar-refractivity contribution is 5.93. The van der Waals surface area contributed by atoms with Crippen LogP contribution in [0.4, 0.5) is 0 Å². The minimum Gasteiger partial charge on any atom is -0.368 e. The highest BCUT2D eigenvalue weighted by Crippen LogP contribution is 2.15. The summed E-state index contributed by atoms with van der Waals surface area (Å²) in [5.41, 5.74) is 5.99. The number of piperazine rings is 1. The van der Waals surface area contributed by atoms with E-state index < -0.39 is 6.04 Å². The maximum Gasteiger partial charge on any atom is 0.272 e. The van der Waals surface area contributed by atoms with E-state index in [1.165, 1.54) is 4.68 Å². The molecule has 1 aliphatic rings. The molecule has 0 aliphatic carbocycles. The molecule has 0 aromatic carbocycles. The van der Waals surface area contributed by atoms with Gasteiger partial charge in [0, 0.05) is 38.9 Å². The largest absolute Gasteiger partial charge is 0.368 e. The molecule has 1 fully saturated rings. The van der Waals surface area contributed by atoms with Gasteiger partial charge in [0.05, 0.1) is 0 Å². The van der Waals surface area contributed by atoms with Gasteiger partial charge >= 0.3 is 0 Å². The van der Waals surface area contributed by atoms with Crippen molar-refractivity contribution in [2.75, 3.05) is 19.6 Å². The molecule has 1 unspecified atom stereocenters. The Hall–Kier alpha value is -1.89. The van der Waals surface area contributed by atoms with Crippen molar-refractivity contribution < 1.29 is 9.59 Å². The van der Waals surface area contributed by atoms with Gasteiger partial charge in [0.1, 0.15) is 11.7 Å². The van der Waals surface area contributed by atoms with Gasteiger partial charge in [-0.25, -0.2) is 0 Å². The van der Waals surface area contributed by atoms with Crippen LogP contribution < -0.4 is 5.73 Å². The lowest BCUT2D eigenvalue weighted by Crippen LogP contribution is -2.61. The van der Waals surface area contributed by atoms with Gasteiger partial charge in [-0.2, -0.15) is 5.10 Å². The lowest BCUT2D eigenvalue weighted by atomic mass is 10.1. The zero-order chi connectivity index (χ0) is 14.9. The molecule has 2 heterocycles. The summed E-state index contributed by atoms with van der Waals surface area (Å²) < 4.78 is 1.54. The molecule has 1 aliphatic heterocycles. The zero-order valence-electron chi connectivity index (χ0n) is 12.1. The standard InChI is InChI=1S/C13H21N5O2/c1-9(2)18-7-6-17(8-11(18)12(14)19)13(20)10-4-5-15-16(10)3/h4-5,9,11H,6-8H2,1-3H3,(H2,14,19). The van der Waals surface area contributed by atoms with Gasteiger partial charge in [-0.3, -0.25) is 19.2 Å². The van der Waals surface area contributed by atoms with Crippen molar-refractivity contribution in [3.63, 3.8) is 0 Å². The third-order valence-corrected chi connectivity index (χ3v) is 3.74. The van der Waals surface area contributed by atoms with Crippen LogP contribution in [0.3, 0.4) is 0 Å². The number of rotatable bonds is 3. The predicted molar refractivity (Wildman–Crippen MR) is 73.9 cm³/mol. The first-order chi connectivity index (χ1) is 9.41. The lowest BCUT2D eigenvalue weighted by Gasteiger charge is -2.41. The predicted octanol–water partition coefficient (Wildman–Crippen LogP) is -0.560. The average molecular weight is 279 g/mol. The van der Waals surface area contributed by atoms with Crippen LogP contribution in [-0.2, 0) is 11.8 Å². The molecule has 2 rings (SSSR count). The smallest absolute Gasteiger partial charge is 0.272 e. The first-order valence-corrected chi connectivity index (χ1v) is 6.74. The Labute approximate surface area is 118 Å². The van der Waals surface area contributed by atoms with Crippen LogP contribution in [0.5, 0.6) is 0 Å². The fourth-order valence-corrected chi connectivity index (χ4v) is 2.60. The minimum atomic E-state index is -0.430. The van der Waals surface area contributed by atoms with Crippen molar-refractivity contribution in [2.24, 2.45) is 12.8 Å². The number of carbonyl (C=O) groups is 2. The summed E-state index contributed by atoms with van der Waals surface area (Å²) in [5.74, 6) is -0.499. The highest BCUT2D eigenvalue weighted by atomic mass is 16.2. The number of hydrogen-bond acceptors (Lipinski definition) is 4. The van der Waals surface area contributed by atoms with E-state index in [2.05, 4.69) is 5.10 Å². The average Bonchev–Trinajstić information content (AvgIpc) is 2.83. The Balaban J connectivity index is 2.15. The SMILES string of the molecule is CC(C)N1CCN(C(=O)c2ccnn2C)CC1C(N)=O. The fourth-order valence-electron chi connectivity index (χ4n) is 2.60. The summed E-state index contributed by atoms with van der Waals surface area (Å²) in [4.78, 5) is 27.7. The molecule has 0 radical (unpaired) electrons. The van der Waals surface area contributed by atoms with Crippen LogP contribution in [0, 0.1) is 0 Å². The van der Waals surface area contributed by atoms with Crippen LogP contribution in [0.15, 0.2) is 12.3 Å². The fraction of sp³-hybridized carbons (Fsp3) is 0.615. The normalized spacial score (nSPS) is 20.4. The molecule has 1 aromatic heterocycles. The maximum absolute atomic E-state index is 12.4. The topological polar surface area (TPSA) is 84.5 Å². The number of nitrogens with two attached hydrogens (primary N) is 1. The van der Waals surface area contributed by atoms with Gasteiger partial charge in [-0.1, -0.05) is 0 Å². The van der Waals surface area contributed by atoms with E-state index in [1.54, 1.807) is 24.2 Å². The van der Waals surface area contributed by atoms with Gasteiger partial charge in [0.25, 0.3) is 5.91 Å². The Bertz CT molecular complexity index is 511. The van der Waals surface area contributed by atoms with Gasteiger partial charge in [0.2, 0.25) is 5.91 Å². The molecule has 7 nitrogen and oxygen atoms in total. The van der Waals surface area contributed by atoms with E-state index in [0.29, 0.717) is 25.3 Å². The van der Waals surface area contributed by atoms with Crippen LogP contribution in [0.2, 0.25) is 0 Å². The summed E-state index contributed by atoms with van der Waals surface area (Å²) in [6, 6.07) is 1.47. The third kappa shape index (κ3) is 2.67. The van der Waals surface area contributed by atoms with Crippen molar-refractivity contribution in [2.45, 2.75) is 25.9 Å². The van der Waals surface area contributed by atoms with Gasteiger partial charge in [-0.05, 0) is 19.9 Å². The maximum atomic E-state index is 12.4. The number of nitrogens with zero attached hydrogens (tertiary/aromatic N) is 4.